The number of halogens is 2. The van der Waals surface area contributed by atoms with Crippen molar-refractivity contribution in [1.29, 1.82) is 0 Å². The smallest absolute Gasteiger partial charge is 0.410 e. The van der Waals surface area contributed by atoms with Crippen LogP contribution in [0.15, 0.2) is 30.3 Å². The fraction of sp³-hybridized carbons (Fsp3) is 0.562. The van der Waals surface area contributed by atoms with Crippen LogP contribution in [0.1, 0.15) is 18.4 Å². The van der Waals surface area contributed by atoms with E-state index < -0.39 is 0 Å². The third-order valence-corrected chi connectivity index (χ3v) is 5.82. The Morgan fingerprint density at radius 2 is 1.95 bits per heavy atom. The first-order chi connectivity index (χ1) is 10.7. The van der Waals surface area contributed by atoms with Crippen LogP contribution >= 0.6 is 31.9 Å². The van der Waals surface area contributed by atoms with E-state index in [1.54, 1.807) is 4.90 Å². The van der Waals surface area contributed by atoms with Gasteiger partial charge >= 0.3 is 6.09 Å². The second kappa shape index (κ2) is 9.53. The number of benzene rings is 1. The largest absolute Gasteiger partial charge is 0.445 e. The van der Waals surface area contributed by atoms with Crippen molar-refractivity contribution in [2.24, 2.45) is 0 Å². The summed E-state index contributed by atoms with van der Waals surface area (Å²) in [6.07, 6.45) is 1.73. The molecule has 0 aliphatic carbocycles. The van der Waals surface area contributed by atoms with Gasteiger partial charge in [0.2, 0.25) is 0 Å². The molecule has 1 aromatic rings. The van der Waals surface area contributed by atoms with Crippen molar-refractivity contribution < 1.29 is 14.3 Å². The van der Waals surface area contributed by atoms with Gasteiger partial charge < -0.3 is 14.4 Å². The summed E-state index contributed by atoms with van der Waals surface area (Å²) in [6, 6.07) is 9.73. The molecule has 4 nitrogen and oxygen atoms in total. The molecule has 1 atom stereocenters. The highest BCUT2D eigenvalue weighted by molar-refractivity contribution is 9.12. The minimum absolute atomic E-state index is 0.234. The van der Waals surface area contributed by atoms with Crippen LogP contribution in [-0.4, -0.2) is 47.0 Å². The zero-order valence-electron chi connectivity index (χ0n) is 12.4. The number of likely N-dealkylation sites (tertiary alicyclic amines) is 1. The molecular weight excluding hydrogens is 414 g/mol. The number of carbonyl (C=O) groups excluding carboxylic acids is 1. The molecule has 122 valence electrons. The summed E-state index contributed by atoms with van der Waals surface area (Å²) < 4.78 is 11.2. The van der Waals surface area contributed by atoms with Gasteiger partial charge in [0, 0.05) is 23.2 Å². The molecular formula is C16H21Br2NO3. The van der Waals surface area contributed by atoms with Crippen LogP contribution in [-0.2, 0) is 16.1 Å². The number of hydrogen-bond donors (Lipinski definition) is 0. The number of carbonyl (C=O) groups is 1. The predicted octanol–water partition coefficient (Wildman–Crippen LogP) is 3.96. The van der Waals surface area contributed by atoms with E-state index in [9.17, 15) is 4.79 Å². The van der Waals surface area contributed by atoms with Gasteiger partial charge in [-0.1, -0.05) is 62.2 Å². The average molecular weight is 435 g/mol. The fourth-order valence-corrected chi connectivity index (χ4v) is 2.64. The van der Waals surface area contributed by atoms with Crippen molar-refractivity contribution in [2.45, 2.75) is 30.4 Å². The van der Waals surface area contributed by atoms with Gasteiger partial charge in [-0.05, 0) is 18.4 Å². The molecule has 22 heavy (non-hydrogen) atoms. The van der Waals surface area contributed by atoms with Crippen LogP contribution in [0.4, 0.5) is 4.79 Å². The first-order valence-electron chi connectivity index (χ1n) is 7.46. The van der Waals surface area contributed by atoms with Gasteiger partial charge in [-0.2, -0.15) is 0 Å². The average Bonchev–Trinajstić information content (AvgIpc) is 2.59. The van der Waals surface area contributed by atoms with E-state index in [4.69, 9.17) is 9.47 Å². The van der Waals surface area contributed by atoms with Crippen molar-refractivity contribution in [2.75, 3.05) is 25.0 Å². The third-order valence-electron chi connectivity index (χ3n) is 3.59. The van der Waals surface area contributed by atoms with Crippen molar-refractivity contribution in [1.82, 2.24) is 4.90 Å². The van der Waals surface area contributed by atoms with Crippen LogP contribution < -0.4 is 0 Å². The highest BCUT2D eigenvalue weighted by Gasteiger charge is 2.24. The molecule has 1 aromatic carbocycles. The molecule has 1 fully saturated rings. The molecule has 1 heterocycles. The van der Waals surface area contributed by atoms with Gasteiger partial charge in [-0.25, -0.2) is 4.79 Å². The Balaban J connectivity index is 1.66. The maximum atomic E-state index is 12.0. The summed E-state index contributed by atoms with van der Waals surface area (Å²) in [4.78, 5) is 14.1. The molecule has 0 N–H and O–H groups in total. The molecule has 2 rings (SSSR count). The molecule has 0 saturated carbocycles. The van der Waals surface area contributed by atoms with Crippen molar-refractivity contribution in [3.05, 3.63) is 35.9 Å². The van der Waals surface area contributed by atoms with E-state index in [0.717, 1.165) is 23.7 Å². The summed E-state index contributed by atoms with van der Waals surface area (Å²) in [5.74, 6) is 0. The van der Waals surface area contributed by atoms with E-state index in [-0.39, 0.29) is 12.2 Å². The van der Waals surface area contributed by atoms with Crippen molar-refractivity contribution in [3.63, 3.8) is 0 Å². The Kier molecular flexibility index (Phi) is 7.69. The predicted molar refractivity (Wildman–Crippen MR) is 93.7 cm³/mol. The maximum Gasteiger partial charge on any atom is 0.410 e. The first kappa shape index (κ1) is 17.8. The van der Waals surface area contributed by atoms with Crippen LogP contribution in [0, 0.1) is 0 Å². The van der Waals surface area contributed by atoms with Gasteiger partial charge in [-0.15, -0.1) is 0 Å². The lowest BCUT2D eigenvalue weighted by molar-refractivity contribution is 0.00735. The molecule has 0 bridgehead atoms. The van der Waals surface area contributed by atoms with Crippen LogP contribution in [0.25, 0.3) is 0 Å². The summed E-state index contributed by atoms with van der Waals surface area (Å²) in [5, 5.41) is 0.873. The van der Waals surface area contributed by atoms with Crippen LogP contribution in [0.3, 0.4) is 0 Å². The van der Waals surface area contributed by atoms with Gasteiger partial charge in [0.05, 0.1) is 12.7 Å². The number of piperidine rings is 1. The van der Waals surface area contributed by atoms with Gasteiger partial charge in [0.25, 0.3) is 0 Å². The molecule has 1 amide bonds. The number of hydrogen-bond acceptors (Lipinski definition) is 3. The highest BCUT2D eigenvalue weighted by Crippen LogP contribution is 2.17. The third kappa shape index (κ3) is 5.89. The number of nitrogens with zero attached hydrogens (tertiary/aromatic N) is 1. The summed E-state index contributed by atoms with van der Waals surface area (Å²) in [5.41, 5.74) is 1.01. The zero-order chi connectivity index (χ0) is 15.8. The SMILES string of the molecule is O=C(OCc1ccccc1)N1CCC(OCC(Br)CBr)CC1. The molecule has 1 aliphatic rings. The molecule has 6 heteroatoms. The lowest BCUT2D eigenvalue weighted by atomic mass is 10.1. The second-order valence-electron chi connectivity index (χ2n) is 5.31. The molecule has 0 aromatic heterocycles. The van der Waals surface area contributed by atoms with E-state index >= 15 is 0 Å². The fourth-order valence-electron chi connectivity index (χ4n) is 2.30. The standard InChI is InChI=1S/C16H21Br2NO3/c17-10-14(18)12-21-15-6-8-19(9-7-15)16(20)22-11-13-4-2-1-3-5-13/h1-5,14-15H,6-12H2. The van der Waals surface area contributed by atoms with E-state index in [2.05, 4.69) is 31.9 Å². The summed E-state index contributed by atoms with van der Waals surface area (Å²) in [6.45, 7) is 2.40. The zero-order valence-corrected chi connectivity index (χ0v) is 15.6. The maximum absolute atomic E-state index is 12.0. The number of amides is 1. The van der Waals surface area contributed by atoms with Crippen LogP contribution in [0.2, 0.25) is 0 Å². The van der Waals surface area contributed by atoms with E-state index in [0.29, 0.717) is 31.1 Å². The van der Waals surface area contributed by atoms with Crippen molar-refractivity contribution in [3.8, 4) is 0 Å². The van der Waals surface area contributed by atoms with Crippen LogP contribution in [0.5, 0.6) is 0 Å². The second-order valence-corrected chi connectivity index (χ2v) is 7.25. The topological polar surface area (TPSA) is 38.8 Å². The molecule has 1 aliphatic heterocycles. The Hall–Kier alpha value is -0.590. The normalized spacial score (nSPS) is 17.3. The molecule has 0 radical (unpaired) electrons. The van der Waals surface area contributed by atoms with Gasteiger partial charge in [-0.3, -0.25) is 0 Å². The summed E-state index contributed by atoms with van der Waals surface area (Å²) >= 11 is 6.93. The number of ether oxygens (including phenoxy) is 2. The first-order valence-corrected chi connectivity index (χ1v) is 9.50. The molecule has 1 unspecified atom stereocenters. The van der Waals surface area contributed by atoms with E-state index in [1.807, 2.05) is 30.3 Å². The van der Waals surface area contributed by atoms with Crippen molar-refractivity contribution >= 4 is 38.0 Å². The Bertz CT molecular complexity index is 450. The highest BCUT2D eigenvalue weighted by atomic mass is 79.9. The van der Waals surface area contributed by atoms with Gasteiger partial charge in [0.15, 0.2) is 0 Å². The number of rotatable bonds is 6. The molecule has 1 saturated heterocycles. The lowest BCUT2D eigenvalue weighted by Gasteiger charge is -2.31. The monoisotopic (exact) mass is 433 g/mol. The van der Waals surface area contributed by atoms with Gasteiger partial charge in [0.1, 0.15) is 6.61 Å². The Labute approximate surface area is 148 Å². The molecule has 0 spiro atoms. The Morgan fingerprint density at radius 1 is 1.27 bits per heavy atom. The number of alkyl halides is 2. The Morgan fingerprint density at radius 3 is 2.59 bits per heavy atom. The minimum Gasteiger partial charge on any atom is -0.445 e. The minimum atomic E-state index is -0.235. The lowest BCUT2D eigenvalue weighted by Crippen LogP contribution is -2.41. The summed E-state index contributed by atoms with van der Waals surface area (Å²) in [7, 11) is 0. The van der Waals surface area contributed by atoms with E-state index in [1.165, 1.54) is 0 Å². The quantitative estimate of drug-likeness (QED) is 0.636.